The second-order valence-corrected chi connectivity index (χ2v) is 6.89. The molecular formula is C23H20FN3O. The molecule has 0 aliphatic heterocycles. The van der Waals surface area contributed by atoms with E-state index in [4.69, 9.17) is 0 Å². The van der Waals surface area contributed by atoms with Crippen molar-refractivity contribution in [2.24, 2.45) is 0 Å². The third kappa shape index (κ3) is 3.74. The number of urea groups is 1. The van der Waals surface area contributed by atoms with Crippen molar-refractivity contribution in [2.45, 2.75) is 13.8 Å². The topological polar surface area (TPSA) is 56.9 Å². The van der Waals surface area contributed by atoms with Crippen LogP contribution in [0.25, 0.3) is 22.2 Å². The maximum Gasteiger partial charge on any atom is 0.323 e. The fourth-order valence-corrected chi connectivity index (χ4v) is 3.23. The van der Waals surface area contributed by atoms with Gasteiger partial charge in [-0.25, -0.2) is 9.18 Å². The molecule has 0 fully saturated rings. The minimum absolute atomic E-state index is 0.257. The van der Waals surface area contributed by atoms with Crippen LogP contribution >= 0.6 is 0 Å². The number of amides is 2. The Kier molecular flexibility index (Phi) is 4.57. The number of benzene rings is 3. The maximum absolute atomic E-state index is 13.4. The second kappa shape index (κ2) is 7.19. The van der Waals surface area contributed by atoms with Gasteiger partial charge in [-0.05, 0) is 67.4 Å². The number of nitrogens with one attached hydrogen (secondary N) is 3. The Morgan fingerprint density at radius 3 is 2.43 bits per heavy atom. The van der Waals surface area contributed by atoms with E-state index in [2.05, 4.69) is 15.6 Å². The lowest BCUT2D eigenvalue weighted by Crippen LogP contribution is -2.19. The van der Waals surface area contributed by atoms with Crippen molar-refractivity contribution in [2.75, 3.05) is 10.6 Å². The Morgan fingerprint density at radius 2 is 1.68 bits per heavy atom. The van der Waals surface area contributed by atoms with Crippen molar-refractivity contribution in [3.05, 3.63) is 83.7 Å². The van der Waals surface area contributed by atoms with Crippen LogP contribution in [0.3, 0.4) is 0 Å². The zero-order valence-electron chi connectivity index (χ0n) is 15.6. The van der Waals surface area contributed by atoms with Crippen LogP contribution in [0.4, 0.5) is 20.6 Å². The number of hydrogen-bond acceptors (Lipinski definition) is 1. The maximum atomic E-state index is 13.4. The van der Waals surface area contributed by atoms with E-state index in [1.54, 1.807) is 6.07 Å². The molecule has 0 spiro atoms. The zero-order chi connectivity index (χ0) is 19.7. The number of anilines is 2. The van der Waals surface area contributed by atoms with Crippen LogP contribution in [0, 0.1) is 19.7 Å². The van der Waals surface area contributed by atoms with Gasteiger partial charge in [-0.2, -0.15) is 0 Å². The minimum Gasteiger partial charge on any atom is -0.355 e. The molecule has 1 aromatic heterocycles. The number of fused-ring (bicyclic) bond motifs is 1. The van der Waals surface area contributed by atoms with Crippen LogP contribution in [0.15, 0.2) is 66.7 Å². The molecule has 2 amide bonds. The molecule has 0 saturated carbocycles. The molecule has 0 aliphatic carbocycles. The quantitative estimate of drug-likeness (QED) is 0.391. The van der Waals surface area contributed by atoms with Crippen molar-refractivity contribution in [3.8, 4) is 11.3 Å². The first-order valence-corrected chi connectivity index (χ1v) is 9.02. The van der Waals surface area contributed by atoms with Gasteiger partial charge in [0.1, 0.15) is 5.82 Å². The minimum atomic E-state index is -0.291. The second-order valence-electron chi connectivity index (χ2n) is 6.89. The average Bonchev–Trinajstić information content (AvgIpc) is 3.08. The highest BCUT2D eigenvalue weighted by Crippen LogP contribution is 2.26. The summed E-state index contributed by atoms with van der Waals surface area (Å²) in [5, 5.41) is 6.52. The van der Waals surface area contributed by atoms with Crippen LogP contribution in [-0.2, 0) is 0 Å². The Balaban J connectivity index is 1.47. The van der Waals surface area contributed by atoms with E-state index >= 15 is 0 Å². The number of hydrogen-bond donors (Lipinski definition) is 3. The molecule has 0 radical (unpaired) electrons. The third-order valence-corrected chi connectivity index (χ3v) is 4.67. The smallest absolute Gasteiger partial charge is 0.323 e. The van der Waals surface area contributed by atoms with Gasteiger partial charge in [-0.15, -0.1) is 0 Å². The number of aryl methyl sites for hydroxylation is 2. The fraction of sp³-hybridized carbons (Fsp3) is 0.0870. The molecule has 0 aliphatic rings. The van der Waals surface area contributed by atoms with Gasteiger partial charge in [0.15, 0.2) is 0 Å². The molecule has 3 aromatic carbocycles. The van der Waals surface area contributed by atoms with Gasteiger partial charge in [-0.1, -0.05) is 29.8 Å². The molecule has 4 nitrogen and oxygen atoms in total. The van der Waals surface area contributed by atoms with E-state index in [1.165, 1.54) is 12.1 Å². The van der Waals surface area contributed by atoms with Gasteiger partial charge in [0.25, 0.3) is 0 Å². The van der Waals surface area contributed by atoms with E-state index in [-0.39, 0.29) is 11.8 Å². The summed E-state index contributed by atoms with van der Waals surface area (Å²) in [6.45, 7) is 3.98. The van der Waals surface area contributed by atoms with E-state index in [0.717, 1.165) is 39.0 Å². The first kappa shape index (κ1) is 17.8. The van der Waals surface area contributed by atoms with Gasteiger partial charge < -0.3 is 15.6 Å². The van der Waals surface area contributed by atoms with Crippen LogP contribution < -0.4 is 10.6 Å². The number of carbonyl (C=O) groups excluding carboxylic acids is 1. The number of rotatable bonds is 3. The summed E-state index contributed by atoms with van der Waals surface area (Å²) < 4.78 is 13.4. The molecule has 1 heterocycles. The molecule has 0 unspecified atom stereocenters. The van der Waals surface area contributed by atoms with Gasteiger partial charge in [0.05, 0.1) is 0 Å². The molecule has 4 aromatic rings. The SMILES string of the molecule is Cc1ccc(NC(=O)Nc2ccc(-c3cc4cc(F)ccc4[nH]3)cc2)c(C)c1. The highest BCUT2D eigenvalue weighted by molar-refractivity contribution is 6.00. The highest BCUT2D eigenvalue weighted by atomic mass is 19.1. The van der Waals surface area contributed by atoms with E-state index in [1.807, 2.05) is 62.4 Å². The summed E-state index contributed by atoms with van der Waals surface area (Å²) in [5.74, 6) is -0.257. The number of halogens is 1. The first-order valence-electron chi connectivity index (χ1n) is 9.02. The molecule has 4 rings (SSSR count). The summed E-state index contributed by atoms with van der Waals surface area (Å²) in [6.07, 6.45) is 0. The lowest BCUT2D eigenvalue weighted by Gasteiger charge is -2.11. The molecular weight excluding hydrogens is 353 g/mol. The standard InChI is InChI=1S/C23H20FN3O/c1-14-3-9-20(15(2)11-14)27-23(28)25-19-7-4-16(5-8-19)22-13-17-12-18(24)6-10-21(17)26-22/h3-13,26H,1-2H3,(H2,25,27,28). The van der Waals surface area contributed by atoms with Crippen molar-refractivity contribution in [1.29, 1.82) is 0 Å². The fourth-order valence-electron chi connectivity index (χ4n) is 3.23. The molecule has 0 saturated heterocycles. The summed E-state index contributed by atoms with van der Waals surface area (Å²) in [6, 6.07) is 19.7. The molecule has 0 bridgehead atoms. The molecule has 0 atom stereocenters. The molecule has 140 valence electrons. The van der Waals surface area contributed by atoms with Crippen molar-refractivity contribution in [3.63, 3.8) is 0 Å². The molecule has 5 heteroatoms. The summed E-state index contributed by atoms with van der Waals surface area (Å²) in [7, 11) is 0. The van der Waals surface area contributed by atoms with Gasteiger partial charge >= 0.3 is 6.03 Å². The summed E-state index contributed by atoms with van der Waals surface area (Å²) >= 11 is 0. The van der Waals surface area contributed by atoms with E-state index in [0.29, 0.717) is 5.69 Å². The number of aromatic amines is 1. The zero-order valence-corrected chi connectivity index (χ0v) is 15.6. The number of aromatic nitrogens is 1. The Morgan fingerprint density at radius 1 is 0.893 bits per heavy atom. The van der Waals surface area contributed by atoms with Crippen molar-refractivity contribution >= 4 is 28.3 Å². The average molecular weight is 373 g/mol. The van der Waals surface area contributed by atoms with Gasteiger partial charge in [0, 0.05) is 28.0 Å². The highest BCUT2D eigenvalue weighted by Gasteiger charge is 2.07. The van der Waals surface area contributed by atoms with Crippen molar-refractivity contribution < 1.29 is 9.18 Å². The largest absolute Gasteiger partial charge is 0.355 e. The van der Waals surface area contributed by atoms with Crippen LogP contribution in [0.5, 0.6) is 0 Å². The molecule has 28 heavy (non-hydrogen) atoms. The van der Waals surface area contributed by atoms with Gasteiger partial charge in [-0.3, -0.25) is 0 Å². The number of carbonyl (C=O) groups is 1. The van der Waals surface area contributed by atoms with Gasteiger partial charge in [0.2, 0.25) is 0 Å². The normalized spacial score (nSPS) is 10.8. The molecule has 3 N–H and O–H groups in total. The lowest BCUT2D eigenvalue weighted by molar-refractivity contribution is 0.262. The van der Waals surface area contributed by atoms with Crippen molar-refractivity contribution in [1.82, 2.24) is 4.98 Å². The Hall–Kier alpha value is -3.60. The monoisotopic (exact) mass is 373 g/mol. The van der Waals surface area contributed by atoms with Crippen LogP contribution in [-0.4, -0.2) is 11.0 Å². The summed E-state index contributed by atoms with van der Waals surface area (Å²) in [5.41, 5.74) is 6.37. The first-order chi connectivity index (χ1) is 13.5. The number of H-pyrrole nitrogens is 1. The summed E-state index contributed by atoms with van der Waals surface area (Å²) in [4.78, 5) is 15.5. The van der Waals surface area contributed by atoms with E-state index < -0.39 is 0 Å². The predicted molar refractivity (Wildman–Crippen MR) is 112 cm³/mol. The van der Waals surface area contributed by atoms with E-state index in [9.17, 15) is 9.18 Å². The predicted octanol–water partition coefficient (Wildman–Crippen LogP) is 6.23. The van der Waals surface area contributed by atoms with Crippen LogP contribution in [0.2, 0.25) is 0 Å². The van der Waals surface area contributed by atoms with Crippen LogP contribution in [0.1, 0.15) is 11.1 Å². The third-order valence-electron chi connectivity index (χ3n) is 4.67. The Bertz CT molecular complexity index is 1160. The lowest BCUT2D eigenvalue weighted by atomic mass is 10.1. The Labute approximate surface area is 162 Å².